The second-order valence-electron chi connectivity index (χ2n) is 5.87. The predicted molar refractivity (Wildman–Crippen MR) is 77.9 cm³/mol. The first-order valence-electron chi connectivity index (χ1n) is 7.04. The van der Waals surface area contributed by atoms with Gasteiger partial charge in [0.25, 0.3) is 0 Å². The van der Waals surface area contributed by atoms with Crippen molar-refractivity contribution in [1.29, 1.82) is 0 Å². The fraction of sp³-hybridized carbons (Fsp3) is 0.571. The maximum Gasteiger partial charge on any atom is 0.184 e. The van der Waals surface area contributed by atoms with Gasteiger partial charge >= 0.3 is 0 Å². The molecule has 3 atom stereocenters. The third-order valence-corrected chi connectivity index (χ3v) is 4.45. The number of nitrogen functional groups attached to an aromatic ring is 1. The number of anilines is 1. The maximum absolute atomic E-state index is 5.83. The summed E-state index contributed by atoms with van der Waals surface area (Å²) < 4.78 is 1.92. The van der Waals surface area contributed by atoms with Crippen molar-refractivity contribution in [3.8, 4) is 0 Å². The summed E-state index contributed by atoms with van der Waals surface area (Å²) in [4.78, 5) is 8.27. The molecule has 0 spiro atoms. The van der Waals surface area contributed by atoms with E-state index in [4.69, 9.17) is 5.73 Å². The molecular weight excluding hydrogens is 252 g/mol. The Bertz CT molecular complexity index is 646. The van der Waals surface area contributed by atoms with E-state index in [0.717, 1.165) is 12.1 Å². The minimum Gasteiger partial charge on any atom is -0.382 e. The smallest absolute Gasteiger partial charge is 0.184 e. The molecule has 1 aliphatic rings. The fourth-order valence-electron chi connectivity index (χ4n) is 3.09. The zero-order chi connectivity index (χ0) is 14.3. The van der Waals surface area contributed by atoms with E-state index in [-0.39, 0.29) is 0 Å². The van der Waals surface area contributed by atoms with E-state index in [1.54, 1.807) is 0 Å². The molecule has 20 heavy (non-hydrogen) atoms. The van der Waals surface area contributed by atoms with Crippen molar-refractivity contribution in [2.75, 3.05) is 5.73 Å². The van der Waals surface area contributed by atoms with Gasteiger partial charge in [-0.3, -0.25) is 0 Å². The van der Waals surface area contributed by atoms with Crippen molar-refractivity contribution in [3.05, 3.63) is 18.5 Å². The highest BCUT2D eigenvalue weighted by Gasteiger charge is 2.31. The van der Waals surface area contributed by atoms with Crippen LogP contribution in [0.1, 0.15) is 39.2 Å². The molecule has 6 nitrogen and oxygen atoms in total. The number of allylic oxidation sites excluding steroid dienone is 1. The molecule has 3 rings (SSSR count). The zero-order valence-corrected chi connectivity index (χ0v) is 12.0. The Hall–Kier alpha value is -1.98. The lowest BCUT2D eigenvalue weighted by Gasteiger charge is -2.34. The van der Waals surface area contributed by atoms with Gasteiger partial charge in [-0.15, -0.1) is 5.10 Å². The number of rotatable bonds is 2. The molecule has 0 aliphatic heterocycles. The maximum atomic E-state index is 5.83. The molecule has 2 aromatic rings. The Morgan fingerprint density at radius 3 is 2.95 bits per heavy atom. The highest BCUT2D eigenvalue weighted by Crippen LogP contribution is 2.40. The molecule has 2 aromatic heterocycles. The van der Waals surface area contributed by atoms with Gasteiger partial charge in [0.15, 0.2) is 17.0 Å². The van der Waals surface area contributed by atoms with Crippen molar-refractivity contribution in [3.63, 3.8) is 0 Å². The second-order valence-corrected chi connectivity index (χ2v) is 5.87. The van der Waals surface area contributed by atoms with Crippen LogP contribution >= 0.6 is 0 Å². The summed E-state index contributed by atoms with van der Waals surface area (Å²) in [6, 6.07) is 0.296. The number of nitrogens with zero attached hydrogens (tertiary/aromatic N) is 5. The lowest BCUT2D eigenvalue weighted by molar-refractivity contribution is 0.203. The fourth-order valence-corrected chi connectivity index (χ4v) is 3.09. The molecule has 1 fully saturated rings. The highest BCUT2D eigenvalue weighted by molar-refractivity contribution is 5.80. The van der Waals surface area contributed by atoms with Gasteiger partial charge in [-0.1, -0.05) is 24.3 Å². The number of hydrogen-bond acceptors (Lipinski definition) is 5. The minimum atomic E-state index is 0.296. The lowest BCUT2D eigenvalue weighted by Crippen LogP contribution is -2.27. The summed E-state index contributed by atoms with van der Waals surface area (Å²) in [5, 5.41) is 8.42. The molecule has 106 valence electrons. The van der Waals surface area contributed by atoms with E-state index in [2.05, 4.69) is 40.7 Å². The molecule has 0 bridgehead atoms. The summed E-state index contributed by atoms with van der Waals surface area (Å²) >= 11 is 0. The molecule has 6 heteroatoms. The summed E-state index contributed by atoms with van der Waals surface area (Å²) in [5.41, 5.74) is 8.41. The van der Waals surface area contributed by atoms with Crippen molar-refractivity contribution in [1.82, 2.24) is 25.0 Å². The van der Waals surface area contributed by atoms with Gasteiger partial charge in [0.2, 0.25) is 0 Å². The lowest BCUT2D eigenvalue weighted by atomic mass is 9.76. The molecule has 0 aromatic carbocycles. The molecule has 0 amide bonds. The Labute approximate surface area is 118 Å². The Kier molecular flexibility index (Phi) is 3.16. The van der Waals surface area contributed by atoms with Crippen LogP contribution in [0.3, 0.4) is 0 Å². The molecule has 0 radical (unpaired) electrons. The number of fused-ring (bicyclic) bond motifs is 1. The molecule has 2 heterocycles. The summed E-state index contributed by atoms with van der Waals surface area (Å²) in [6.07, 6.45) is 4.89. The van der Waals surface area contributed by atoms with E-state index in [9.17, 15) is 0 Å². The van der Waals surface area contributed by atoms with Crippen LogP contribution in [0.5, 0.6) is 0 Å². The summed E-state index contributed by atoms with van der Waals surface area (Å²) in [6.45, 7) is 8.47. The minimum absolute atomic E-state index is 0.296. The van der Waals surface area contributed by atoms with E-state index < -0.39 is 0 Å². The Morgan fingerprint density at radius 2 is 2.20 bits per heavy atom. The highest BCUT2D eigenvalue weighted by atomic mass is 15.5. The van der Waals surface area contributed by atoms with Crippen LogP contribution in [0.4, 0.5) is 5.82 Å². The largest absolute Gasteiger partial charge is 0.382 e. The van der Waals surface area contributed by atoms with Crippen molar-refractivity contribution >= 4 is 17.0 Å². The van der Waals surface area contributed by atoms with Crippen LogP contribution in [0.2, 0.25) is 0 Å². The standard InChI is InChI=1S/C14H20N6/c1-8(2)10-5-4-9(3)11(6-10)20-14-12(18-19-20)13(15)16-7-17-14/h7,9-11H,1,4-6H2,2-3H3,(H2,15,16,17)/t9-,10-,11+/m1/s1. The van der Waals surface area contributed by atoms with E-state index in [0.29, 0.717) is 29.2 Å². The second kappa shape index (κ2) is 4.85. The molecular formula is C14H20N6. The van der Waals surface area contributed by atoms with Crippen LogP contribution in [0.15, 0.2) is 18.5 Å². The SMILES string of the molecule is C=C(C)[C@@H]1CC[C@@H](C)[C@@H](n2nnc3c(N)ncnc32)C1. The van der Waals surface area contributed by atoms with Crippen LogP contribution < -0.4 is 5.73 Å². The topological polar surface area (TPSA) is 82.5 Å². The van der Waals surface area contributed by atoms with E-state index in [1.807, 2.05) is 4.68 Å². The van der Waals surface area contributed by atoms with Crippen molar-refractivity contribution in [2.24, 2.45) is 11.8 Å². The molecule has 2 N–H and O–H groups in total. The van der Waals surface area contributed by atoms with Crippen LogP contribution in [0, 0.1) is 11.8 Å². The van der Waals surface area contributed by atoms with Crippen LogP contribution in [-0.2, 0) is 0 Å². The average Bonchev–Trinajstić information content (AvgIpc) is 2.84. The first-order chi connectivity index (χ1) is 9.58. The Morgan fingerprint density at radius 1 is 1.40 bits per heavy atom. The zero-order valence-electron chi connectivity index (χ0n) is 12.0. The van der Waals surface area contributed by atoms with Gasteiger partial charge in [-0.25, -0.2) is 14.6 Å². The number of nitrogens with two attached hydrogens (primary N) is 1. The third kappa shape index (κ3) is 2.05. The molecule has 1 aliphatic carbocycles. The van der Waals surface area contributed by atoms with Crippen LogP contribution in [-0.4, -0.2) is 25.0 Å². The van der Waals surface area contributed by atoms with Crippen LogP contribution in [0.25, 0.3) is 11.2 Å². The first-order valence-corrected chi connectivity index (χ1v) is 7.04. The predicted octanol–water partition coefficient (Wildman–Crippen LogP) is 2.36. The van der Waals surface area contributed by atoms with Crippen molar-refractivity contribution < 1.29 is 0 Å². The number of aromatic nitrogens is 5. The molecule has 0 unspecified atom stereocenters. The van der Waals surface area contributed by atoms with Gasteiger partial charge in [-0.2, -0.15) is 0 Å². The van der Waals surface area contributed by atoms with Gasteiger partial charge in [0.05, 0.1) is 6.04 Å². The molecule has 1 saturated carbocycles. The normalized spacial score (nSPS) is 26.8. The van der Waals surface area contributed by atoms with Crippen molar-refractivity contribution in [2.45, 2.75) is 39.2 Å². The van der Waals surface area contributed by atoms with Gasteiger partial charge in [0.1, 0.15) is 6.33 Å². The van der Waals surface area contributed by atoms with Gasteiger partial charge in [0, 0.05) is 0 Å². The summed E-state index contributed by atoms with van der Waals surface area (Å²) in [7, 11) is 0. The van der Waals surface area contributed by atoms with Gasteiger partial charge in [-0.05, 0) is 38.0 Å². The first kappa shape index (κ1) is 13.0. The van der Waals surface area contributed by atoms with E-state index in [1.165, 1.54) is 24.7 Å². The monoisotopic (exact) mass is 272 g/mol. The Balaban J connectivity index is 2.00. The molecule has 0 saturated heterocycles. The van der Waals surface area contributed by atoms with Gasteiger partial charge < -0.3 is 5.73 Å². The third-order valence-electron chi connectivity index (χ3n) is 4.45. The quantitative estimate of drug-likeness (QED) is 0.848. The summed E-state index contributed by atoms with van der Waals surface area (Å²) in [5.74, 6) is 1.49. The van der Waals surface area contributed by atoms with E-state index >= 15 is 0 Å². The number of hydrogen-bond donors (Lipinski definition) is 1. The average molecular weight is 272 g/mol.